The van der Waals surface area contributed by atoms with E-state index < -0.39 is 7.59 Å². The van der Waals surface area contributed by atoms with E-state index in [4.69, 9.17) is 4.74 Å². The molecule has 1 aliphatic carbocycles. The first-order valence-corrected chi connectivity index (χ1v) is 17.2. The maximum absolute atomic E-state index is 14.7. The molecule has 0 spiro atoms. The van der Waals surface area contributed by atoms with Crippen LogP contribution in [0.5, 0.6) is 0 Å². The lowest BCUT2D eigenvalue weighted by Gasteiger charge is -2.42. The van der Waals surface area contributed by atoms with E-state index in [2.05, 4.69) is 68.4 Å². The maximum Gasteiger partial charge on any atom is 0.311 e. The van der Waals surface area contributed by atoms with Gasteiger partial charge < -0.3 is 14.5 Å². The van der Waals surface area contributed by atoms with Gasteiger partial charge in [-0.3, -0.25) is 14.4 Å². The molecule has 0 atom stereocenters. The molecule has 1 N–H and O–H groups in total. The number of allylic oxidation sites excluding steroid dienone is 1. The second-order valence-electron chi connectivity index (χ2n) is 11.4. The van der Waals surface area contributed by atoms with Crippen LogP contribution in [0.15, 0.2) is 41.1 Å². The molecule has 0 bridgehead atoms. The third-order valence-corrected chi connectivity index (χ3v) is 11.7. The van der Waals surface area contributed by atoms with Crippen molar-refractivity contribution in [1.82, 2.24) is 19.3 Å². The summed E-state index contributed by atoms with van der Waals surface area (Å²) in [7, 11) is -3.19. The molecule has 220 valence electrons. The van der Waals surface area contributed by atoms with Gasteiger partial charge in [-0.05, 0) is 81.7 Å². The Hall–Kier alpha value is -2.12. The van der Waals surface area contributed by atoms with Crippen LogP contribution in [0.4, 0.5) is 5.69 Å². The van der Waals surface area contributed by atoms with Crippen molar-refractivity contribution in [3.63, 3.8) is 0 Å². The van der Waals surface area contributed by atoms with E-state index in [1.807, 2.05) is 0 Å². The first-order chi connectivity index (χ1) is 19.5. The van der Waals surface area contributed by atoms with Gasteiger partial charge in [0.1, 0.15) is 0 Å². The third kappa shape index (κ3) is 6.51. The molecule has 4 aliphatic rings. The Balaban J connectivity index is 1.44. The van der Waals surface area contributed by atoms with Crippen LogP contribution in [0.25, 0.3) is 6.08 Å². The smallest absolute Gasteiger partial charge is 0.311 e. The molecule has 1 aromatic carbocycles. The molecule has 3 saturated heterocycles. The lowest BCUT2D eigenvalue weighted by molar-refractivity contribution is -0.116. The summed E-state index contributed by atoms with van der Waals surface area (Å²) in [5, 5.41) is 3.18. The van der Waals surface area contributed by atoms with Crippen molar-refractivity contribution >= 4 is 25.3 Å². The summed E-state index contributed by atoms with van der Waals surface area (Å²) >= 11 is 0. The number of nitrogens with one attached hydrogen (secondary N) is 1. The average molecular weight is 570 g/mol. The van der Waals surface area contributed by atoms with Crippen molar-refractivity contribution in [3.8, 4) is 0 Å². The molecule has 0 saturated carbocycles. The molecule has 5 rings (SSSR count). The van der Waals surface area contributed by atoms with Crippen molar-refractivity contribution < 1.29 is 14.1 Å². The number of anilines is 1. The number of amides is 1. The lowest BCUT2D eigenvalue weighted by atomic mass is 10.1. The zero-order chi connectivity index (χ0) is 28.0. The average Bonchev–Trinajstić information content (AvgIpc) is 3.43. The monoisotopic (exact) mass is 569 g/mol. The quantitative estimate of drug-likeness (QED) is 0.395. The number of hydrogen-bond acceptors (Lipinski definition) is 5. The zero-order valence-corrected chi connectivity index (χ0v) is 25.5. The van der Waals surface area contributed by atoms with Gasteiger partial charge in [-0.1, -0.05) is 25.0 Å². The minimum Gasteiger partial charge on any atom is -0.378 e. The fraction of sp³-hybridized carbons (Fsp3) is 0.645. The van der Waals surface area contributed by atoms with Gasteiger partial charge in [0, 0.05) is 69.3 Å². The van der Waals surface area contributed by atoms with E-state index in [0.717, 1.165) is 101 Å². The standard InChI is InChI=1S/C31H48N5O3P/c1-3-33(4-2)28-14-11-26(12-15-28)25-27-13-16-29(30(27)34-21-23-39-24-22-34)31(37)32-40(38,35-17-7-5-8-18-35)36-19-9-6-10-20-36/h11-12,14-15,25H,3-10,13,16-24H2,1-2H3,(H,32,37,38). The Morgan fingerprint density at radius 1 is 0.875 bits per heavy atom. The normalized spacial score (nSPS) is 22.6. The Labute approximate surface area is 240 Å². The van der Waals surface area contributed by atoms with E-state index in [1.54, 1.807) is 0 Å². The maximum atomic E-state index is 14.7. The molecule has 8 nitrogen and oxygen atoms in total. The van der Waals surface area contributed by atoms with E-state index in [1.165, 1.54) is 24.1 Å². The summed E-state index contributed by atoms with van der Waals surface area (Å²) in [5.41, 5.74) is 5.37. The van der Waals surface area contributed by atoms with Crippen LogP contribution in [-0.4, -0.2) is 85.7 Å². The lowest BCUT2D eigenvalue weighted by Crippen LogP contribution is -2.45. The number of morpholine rings is 1. The van der Waals surface area contributed by atoms with Crippen LogP contribution in [0, 0.1) is 0 Å². The summed E-state index contributed by atoms with van der Waals surface area (Å²) in [6, 6.07) is 8.73. The number of ether oxygens (including phenoxy) is 1. The van der Waals surface area contributed by atoms with Crippen molar-refractivity contribution in [2.24, 2.45) is 0 Å². The van der Waals surface area contributed by atoms with Crippen LogP contribution in [0.3, 0.4) is 0 Å². The molecule has 9 heteroatoms. The Bertz CT molecular complexity index is 1090. The predicted octanol–water partition coefficient (Wildman–Crippen LogP) is 5.49. The number of nitrogens with zero attached hydrogens (tertiary/aromatic N) is 4. The van der Waals surface area contributed by atoms with Crippen molar-refractivity contribution in [2.45, 2.75) is 65.2 Å². The van der Waals surface area contributed by atoms with Gasteiger partial charge in [-0.2, -0.15) is 0 Å². The van der Waals surface area contributed by atoms with Crippen LogP contribution in [-0.2, 0) is 14.1 Å². The van der Waals surface area contributed by atoms with Gasteiger partial charge in [-0.15, -0.1) is 0 Å². The van der Waals surface area contributed by atoms with Gasteiger partial charge in [0.05, 0.1) is 13.2 Å². The van der Waals surface area contributed by atoms with E-state index >= 15 is 0 Å². The summed E-state index contributed by atoms with van der Waals surface area (Å²) in [4.78, 5) is 18.8. The molecule has 3 fully saturated rings. The number of piperidine rings is 2. The number of carbonyl (C=O) groups is 1. The van der Waals surface area contributed by atoms with Crippen LogP contribution < -0.4 is 9.99 Å². The van der Waals surface area contributed by atoms with E-state index in [0.29, 0.717) is 19.6 Å². The molecule has 0 aromatic heterocycles. The molecule has 1 amide bonds. The molecular formula is C31H48N5O3P. The highest BCUT2D eigenvalue weighted by Crippen LogP contribution is 2.52. The fourth-order valence-corrected chi connectivity index (χ4v) is 9.31. The highest BCUT2D eigenvalue weighted by Gasteiger charge is 2.41. The molecule has 0 radical (unpaired) electrons. The van der Waals surface area contributed by atoms with Gasteiger partial charge in [0.15, 0.2) is 0 Å². The third-order valence-electron chi connectivity index (χ3n) is 8.88. The van der Waals surface area contributed by atoms with Crippen molar-refractivity contribution in [1.29, 1.82) is 0 Å². The molecular weight excluding hydrogens is 521 g/mol. The van der Waals surface area contributed by atoms with Gasteiger partial charge in [0.25, 0.3) is 5.91 Å². The second-order valence-corrected chi connectivity index (χ2v) is 13.8. The van der Waals surface area contributed by atoms with Gasteiger partial charge in [0.2, 0.25) is 0 Å². The largest absolute Gasteiger partial charge is 0.378 e. The number of carbonyl (C=O) groups excluding carboxylic acids is 1. The summed E-state index contributed by atoms with van der Waals surface area (Å²) in [6.07, 6.45) is 10.2. The Kier molecular flexibility index (Phi) is 10.1. The minimum absolute atomic E-state index is 0.152. The SMILES string of the molecule is CCN(CC)c1ccc(C=C2CCC(C(=O)NP(=O)(N3CCCCC3)N3CCCCC3)=C2N2CCOCC2)cc1. The first kappa shape index (κ1) is 29.4. The first-order valence-electron chi connectivity index (χ1n) is 15.6. The summed E-state index contributed by atoms with van der Waals surface area (Å²) in [5.74, 6) is -0.152. The fourth-order valence-electron chi connectivity index (χ4n) is 6.62. The highest BCUT2D eigenvalue weighted by atomic mass is 31.2. The van der Waals surface area contributed by atoms with Crippen LogP contribution >= 0.6 is 7.59 Å². The van der Waals surface area contributed by atoms with E-state index in [-0.39, 0.29) is 5.91 Å². The number of hydrogen-bond donors (Lipinski definition) is 1. The van der Waals surface area contributed by atoms with Gasteiger partial charge in [-0.25, -0.2) is 9.34 Å². The van der Waals surface area contributed by atoms with Crippen LogP contribution in [0.1, 0.15) is 70.8 Å². The summed E-state index contributed by atoms with van der Waals surface area (Å²) < 4.78 is 24.6. The Morgan fingerprint density at radius 2 is 1.45 bits per heavy atom. The molecule has 3 heterocycles. The van der Waals surface area contributed by atoms with Gasteiger partial charge >= 0.3 is 7.59 Å². The zero-order valence-electron chi connectivity index (χ0n) is 24.6. The molecule has 0 unspecified atom stereocenters. The second kappa shape index (κ2) is 13.7. The molecule has 40 heavy (non-hydrogen) atoms. The number of benzene rings is 1. The predicted molar refractivity (Wildman–Crippen MR) is 163 cm³/mol. The summed E-state index contributed by atoms with van der Waals surface area (Å²) in [6.45, 7) is 12.3. The highest BCUT2D eigenvalue weighted by molar-refractivity contribution is 7.57. The minimum atomic E-state index is -3.19. The molecule has 3 aliphatic heterocycles. The number of rotatable bonds is 9. The Morgan fingerprint density at radius 3 is 2.00 bits per heavy atom. The van der Waals surface area contributed by atoms with Crippen molar-refractivity contribution in [2.75, 3.05) is 70.5 Å². The topological polar surface area (TPSA) is 68.4 Å². The van der Waals surface area contributed by atoms with Crippen LogP contribution in [0.2, 0.25) is 0 Å². The van der Waals surface area contributed by atoms with E-state index in [9.17, 15) is 9.36 Å². The molecule has 1 aromatic rings. The van der Waals surface area contributed by atoms with Crippen molar-refractivity contribution in [3.05, 3.63) is 46.7 Å².